The van der Waals surface area contributed by atoms with Gasteiger partial charge >= 0.3 is 0 Å². The molecule has 2 heteroatoms. The van der Waals surface area contributed by atoms with Crippen molar-refractivity contribution in [2.45, 2.75) is 6.42 Å². The zero-order valence-electron chi connectivity index (χ0n) is 8.29. The summed E-state index contributed by atoms with van der Waals surface area (Å²) in [5.41, 5.74) is 2.59. The smallest absolute Gasteiger partial charge is 0.119 e. The molecule has 0 aliphatic carbocycles. The van der Waals surface area contributed by atoms with Gasteiger partial charge in [0.25, 0.3) is 0 Å². The first-order chi connectivity index (χ1) is 6.85. The van der Waals surface area contributed by atoms with Crippen molar-refractivity contribution in [2.24, 2.45) is 0 Å². The summed E-state index contributed by atoms with van der Waals surface area (Å²) in [6, 6.07) is 6.15. The molecular weight excluding hydrogens is 174 g/mol. The SMILES string of the molecule is C#CCN1CCc2cc(OC)ccc21. The topological polar surface area (TPSA) is 12.5 Å². The maximum atomic E-state index is 5.31. The van der Waals surface area contributed by atoms with Crippen LogP contribution in [0.2, 0.25) is 0 Å². The van der Waals surface area contributed by atoms with Crippen LogP contribution in [0.3, 0.4) is 0 Å². The highest BCUT2D eigenvalue weighted by atomic mass is 16.5. The Morgan fingerprint density at radius 3 is 3.14 bits per heavy atom. The molecule has 0 saturated carbocycles. The van der Waals surface area contributed by atoms with Gasteiger partial charge in [0.1, 0.15) is 5.75 Å². The quantitative estimate of drug-likeness (QED) is 0.653. The van der Waals surface area contributed by atoms with Crippen LogP contribution in [0.4, 0.5) is 5.69 Å². The average Bonchev–Trinajstić information content (AvgIpc) is 2.61. The molecule has 1 heterocycles. The summed E-state index contributed by atoms with van der Waals surface area (Å²) in [4.78, 5) is 2.22. The molecule has 0 aromatic heterocycles. The van der Waals surface area contributed by atoms with Crippen molar-refractivity contribution in [3.05, 3.63) is 23.8 Å². The van der Waals surface area contributed by atoms with E-state index in [2.05, 4.69) is 23.0 Å². The van der Waals surface area contributed by atoms with Gasteiger partial charge in [-0.1, -0.05) is 5.92 Å². The van der Waals surface area contributed by atoms with Crippen LogP contribution in [0.15, 0.2) is 18.2 Å². The Labute approximate surface area is 84.5 Å². The Morgan fingerprint density at radius 2 is 2.43 bits per heavy atom. The maximum absolute atomic E-state index is 5.31. The predicted molar refractivity (Wildman–Crippen MR) is 57.7 cm³/mol. The van der Waals surface area contributed by atoms with Gasteiger partial charge in [0.2, 0.25) is 0 Å². The minimum atomic E-state index is 0.694. The monoisotopic (exact) mass is 187 g/mol. The number of hydrogen-bond acceptors (Lipinski definition) is 2. The second kappa shape index (κ2) is 3.63. The summed E-state index contributed by atoms with van der Waals surface area (Å²) < 4.78 is 5.18. The zero-order valence-corrected chi connectivity index (χ0v) is 8.29. The highest BCUT2D eigenvalue weighted by Gasteiger charge is 2.18. The Kier molecular flexibility index (Phi) is 2.32. The fourth-order valence-corrected chi connectivity index (χ4v) is 1.85. The fourth-order valence-electron chi connectivity index (χ4n) is 1.85. The number of benzene rings is 1. The third-order valence-electron chi connectivity index (χ3n) is 2.56. The molecule has 0 unspecified atom stereocenters. The van der Waals surface area contributed by atoms with Crippen molar-refractivity contribution in [3.8, 4) is 18.1 Å². The lowest BCUT2D eigenvalue weighted by molar-refractivity contribution is 0.414. The molecule has 1 aliphatic heterocycles. The van der Waals surface area contributed by atoms with E-state index in [0.29, 0.717) is 6.54 Å². The van der Waals surface area contributed by atoms with Gasteiger partial charge in [-0.2, -0.15) is 0 Å². The van der Waals surface area contributed by atoms with E-state index < -0.39 is 0 Å². The van der Waals surface area contributed by atoms with E-state index in [9.17, 15) is 0 Å². The molecule has 0 saturated heterocycles. The first-order valence-electron chi connectivity index (χ1n) is 4.70. The van der Waals surface area contributed by atoms with E-state index in [1.54, 1.807) is 7.11 Å². The van der Waals surface area contributed by atoms with Crippen LogP contribution in [0.1, 0.15) is 5.56 Å². The number of ether oxygens (including phenoxy) is 1. The Morgan fingerprint density at radius 1 is 1.57 bits per heavy atom. The number of methoxy groups -OCH3 is 1. The van der Waals surface area contributed by atoms with Gasteiger partial charge in [-0.25, -0.2) is 0 Å². The molecule has 0 atom stereocenters. The van der Waals surface area contributed by atoms with E-state index in [1.807, 2.05) is 6.07 Å². The molecule has 0 spiro atoms. The summed E-state index contributed by atoms with van der Waals surface area (Å²) >= 11 is 0. The first kappa shape index (κ1) is 8.96. The van der Waals surface area contributed by atoms with Gasteiger partial charge in [-0.15, -0.1) is 6.42 Å². The molecule has 1 aliphatic rings. The second-order valence-corrected chi connectivity index (χ2v) is 3.37. The van der Waals surface area contributed by atoms with Crippen LogP contribution in [-0.2, 0) is 6.42 Å². The van der Waals surface area contributed by atoms with Crippen molar-refractivity contribution in [1.29, 1.82) is 0 Å². The third-order valence-corrected chi connectivity index (χ3v) is 2.56. The Bertz CT molecular complexity index is 378. The molecule has 0 radical (unpaired) electrons. The minimum Gasteiger partial charge on any atom is -0.497 e. The summed E-state index contributed by atoms with van der Waals surface area (Å²) in [6.07, 6.45) is 6.37. The summed E-state index contributed by atoms with van der Waals surface area (Å²) in [5.74, 6) is 3.60. The normalized spacial score (nSPS) is 13.6. The molecule has 14 heavy (non-hydrogen) atoms. The lowest BCUT2D eigenvalue weighted by Gasteiger charge is -2.15. The third kappa shape index (κ3) is 1.42. The van der Waals surface area contributed by atoms with Crippen molar-refractivity contribution < 1.29 is 4.74 Å². The van der Waals surface area contributed by atoms with Crippen LogP contribution < -0.4 is 9.64 Å². The molecule has 0 amide bonds. The minimum absolute atomic E-state index is 0.694. The van der Waals surface area contributed by atoms with Crippen molar-refractivity contribution in [3.63, 3.8) is 0 Å². The molecule has 1 aromatic rings. The Hall–Kier alpha value is -1.62. The molecular formula is C12H13NO. The summed E-state index contributed by atoms with van der Waals surface area (Å²) in [7, 11) is 1.69. The molecule has 0 bridgehead atoms. The number of nitrogens with zero attached hydrogens (tertiary/aromatic N) is 1. The average molecular weight is 187 g/mol. The lowest BCUT2D eigenvalue weighted by atomic mass is 10.1. The molecule has 0 fully saturated rings. The van der Waals surface area contributed by atoms with Gasteiger partial charge in [0, 0.05) is 12.2 Å². The van der Waals surface area contributed by atoms with Gasteiger partial charge in [0.05, 0.1) is 13.7 Å². The van der Waals surface area contributed by atoms with E-state index in [1.165, 1.54) is 11.3 Å². The summed E-state index contributed by atoms with van der Waals surface area (Å²) in [5, 5.41) is 0. The van der Waals surface area contributed by atoms with Crippen molar-refractivity contribution >= 4 is 5.69 Å². The van der Waals surface area contributed by atoms with E-state index >= 15 is 0 Å². The maximum Gasteiger partial charge on any atom is 0.119 e. The highest BCUT2D eigenvalue weighted by molar-refractivity contribution is 5.60. The number of fused-ring (bicyclic) bond motifs is 1. The number of rotatable bonds is 2. The molecule has 72 valence electrons. The van der Waals surface area contributed by atoms with Gasteiger partial charge in [0.15, 0.2) is 0 Å². The van der Waals surface area contributed by atoms with E-state index in [-0.39, 0.29) is 0 Å². The van der Waals surface area contributed by atoms with E-state index in [4.69, 9.17) is 11.2 Å². The van der Waals surface area contributed by atoms with Crippen molar-refractivity contribution in [2.75, 3.05) is 25.1 Å². The predicted octanol–water partition coefficient (Wildman–Crippen LogP) is 1.69. The van der Waals surface area contributed by atoms with Gasteiger partial charge < -0.3 is 9.64 Å². The van der Waals surface area contributed by atoms with Gasteiger partial charge in [-0.3, -0.25) is 0 Å². The number of anilines is 1. The van der Waals surface area contributed by atoms with Crippen molar-refractivity contribution in [1.82, 2.24) is 0 Å². The lowest BCUT2D eigenvalue weighted by Crippen LogP contribution is -2.20. The molecule has 2 rings (SSSR count). The molecule has 0 N–H and O–H groups in total. The van der Waals surface area contributed by atoms with E-state index in [0.717, 1.165) is 18.7 Å². The Balaban J connectivity index is 2.30. The van der Waals surface area contributed by atoms with Crippen LogP contribution >= 0.6 is 0 Å². The zero-order chi connectivity index (χ0) is 9.97. The standard InChI is InChI=1S/C12H13NO/c1-3-7-13-8-6-10-9-11(14-2)4-5-12(10)13/h1,4-5,9H,6-8H2,2H3. The second-order valence-electron chi connectivity index (χ2n) is 3.37. The number of hydrogen-bond donors (Lipinski definition) is 0. The highest BCUT2D eigenvalue weighted by Crippen LogP contribution is 2.30. The molecule has 2 nitrogen and oxygen atoms in total. The largest absolute Gasteiger partial charge is 0.497 e. The van der Waals surface area contributed by atoms with Crippen LogP contribution in [-0.4, -0.2) is 20.2 Å². The molecule has 1 aromatic carbocycles. The van der Waals surface area contributed by atoms with Crippen LogP contribution in [0.5, 0.6) is 5.75 Å². The first-order valence-corrected chi connectivity index (χ1v) is 4.70. The van der Waals surface area contributed by atoms with Gasteiger partial charge in [-0.05, 0) is 30.2 Å². The summed E-state index contributed by atoms with van der Waals surface area (Å²) in [6.45, 7) is 1.71. The van der Waals surface area contributed by atoms with Crippen LogP contribution in [0, 0.1) is 12.3 Å². The fraction of sp³-hybridized carbons (Fsp3) is 0.333. The van der Waals surface area contributed by atoms with Crippen LogP contribution in [0.25, 0.3) is 0 Å². The number of terminal acetylenes is 1.